The highest BCUT2D eigenvalue weighted by Gasteiger charge is 2.41. The van der Waals surface area contributed by atoms with Gasteiger partial charge in [-0.05, 0) is 37.4 Å². The molecule has 0 amide bonds. The van der Waals surface area contributed by atoms with Crippen LogP contribution in [0.2, 0.25) is 5.02 Å². The maximum absolute atomic E-state index is 6.30. The van der Waals surface area contributed by atoms with E-state index in [1.165, 1.54) is 18.4 Å². The minimum Gasteiger partial charge on any atom is -0.377 e. The summed E-state index contributed by atoms with van der Waals surface area (Å²) in [5.74, 6) is 0. The van der Waals surface area contributed by atoms with Crippen LogP contribution < -0.4 is 5.32 Å². The lowest BCUT2D eigenvalue weighted by Crippen LogP contribution is -2.51. The van der Waals surface area contributed by atoms with Crippen LogP contribution in [0.15, 0.2) is 24.3 Å². The fourth-order valence-electron chi connectivity index (χ4n) is 3.24. The minimum atomic E-state index is -0.0187. The van der Waals surface area contributed by atoms with Crippen LogP contribution in [-0.2, 0) is 11.2 Å². The molecule has 1 aromatic rings. The number of nitrogens with one attached hydrogen (secondary N) is 1. The average molecular weight is 282 g/mol. The molecular formula is C16H24ClNO. The third-order valence-corrected chi connectivity index (χ3v) is 4.69. The third-order valence-electron chi connectivity index (χ3n) is 4.32. The van der Waals surface area contributed by atoms with Crippen LogP contribution in [-0.4, -0.2) is 25.3 Å². The van der Waals surface area contributed by atoms with Gasteiger partial charge in [0.2, 0.25) is 0 Å². The fraction of sp³-hybridized carbons (Fsp3) is 0.625. The van der Waals surface area contributed by atoms with Crippen LogP contribution in [0.5, 0.6) is 0 Å². The van der Waals surface area contributed by atoms with Crippen molar-refractivity contribution in [2.45, 2.75) is 50.7 Å². The highest BCUT2D eigenvalue weighted by atomic mass is 35.5. The van der Waals surface area contributed by atoms with E-state index in [2.05, 4.69) is 24.4 Å². The van der Waals surface area contributed by atoms with E-state index >= 15 is 0 Å². The summed E-state index contributed by atoms with van der Waals surface area (Å²) in [5, 5.41) is 4.46. The summed E-state index contributed by atoms with van der Waals surface area (Å²) in [5.41, 5.74) is 1.19. The monoisotopic (exact) mass is 281 g/mol. The molecule has 1 fully saturated rings. The van der Waals surface area contributed by atoms with Crippen molar-refractivity contribution in [3.8, 4) is 0 Å². The molecule has 1 unspecified atom stereocenters. The molecule has 106 valence electrons. The molecule has 0 aromatic heterocycles. The summed E-state index contributed by atoms with van der Waals surface area (Å²) in [6.07, 6.45) is 5.75. The van der Waals surface area contributed by atoms with Gasteiger partial charge in [0, 0.05) is 18.2 Å². The van der Waals surface area contributed by atoms with Crippen molar-refractivity contribution in [2.24, 2.45) is 0 Å². The van der Waals surface area contributed by atoms with E-state index in [1.807, 2.05) is 19.2 Å². The maximum Gasteiger partial charge on any atom is 0.0834 e. The number of hydrogen-bond acceptors (Lipinski definition) is 2. The van der Waals surface area contributed by atoms with Crippen LogP contribution in [0.1, 0.15) is 38.2 Å². The van der Waals surface area contributed by atoms with Gasteiger partial charge in [0.15, 0.2) is 0 Å². The normalized spacial score (nSPS) is 19.5. The fourth-order valence-corrected chi connectivity index (χ4v) is 3.46. The number of benzene rings is 1. The van der Waals surface area contributed by atoms with Gasteiger partial charge in [0.1, 0.15) is 0 Å². The number of hydrogen-bond donors (Lipinski definition) is 1. The lowest BCUT2D eigenvalue weighted by atomic mass is 9.87. The highest BCUT2D eigenvalue weighted by Crippen LogP contribution is 2.37. The van der Waals surface area contributed by atoms with Gasteiger partial charge in [-0.25, -0.2) is 0 Å². The van der Waals surface area contributed by atoms with Gasteiger partial charge >= 0.3 is 0 Å². The Labute approximate surface area is 121 Å². The molecule has 1 saturated carbocycles. The molecule has 1 aliphatic rings. The highest BCUT2D eigenvalue weighted by molar-refractivity contribution is 6.31. The number of halogens is 1. The van der Waals surface area contributed by atoms with Crippen molar-refractivity contribution in [3.05, 3.63) is 34.9 Å². The van der Waals surface area contributed by atoms with Crippen LogP contribution in [0.25, 0.3) is 0 Å². The molecule has 1 aromatic carbocycles. The van der Waals surface area contributed by atoms with Gasteiger partial charge in [-0.3, -0.25) is 0 Å². The Balaban J connectivity index is 2.18. The second kappa shape index (κ2) is 6.74. The molecule has 1 N–H and O–H groups in total. The lowest BCUT2D eigenvalue weighted by Gasteiger charge is -2.37. The summed E-state index contributed by atoms with van der Waals surface area (Å²) in [4.78, 5) is 0. The summed E-state index contributed by atoms with van der Waals surface area (Å²) in [6, 6.07) is 8.46. The molecule has 0 radical (unpaired) electrons. The zero-order chi connectivity index (χ0) is 13.7. The predicted octanol–water partition coefficient (Wildman–Crippen LogP) is 3.82. The first kappa shape index (κ1) is 14.8. The maximum atomic E-state index is 6.30. The molecule has 0 spiro atoms. The Morgan fingerprint density at radius 2 is 2.00 bits per heavy atom. The zero-order valence-corrected chi connectivity index (χ0v) is 12.7. The van der Waals surface area contributed by atoms with Gasteiger partial charge in [-0.2, -0.15) is 0 Å². The molecule has 0 aliphatic heterocycles. The molecule has 0 heterocycles. The molecular weight excluding hydrogens is 258 g/mol. The topological polar surface area (TPSA) is 21.3 Å². The first-order valence-corrected chi connectivity index (χ1v) is 7.61. The lowest BCUT2D eigenvalue weighted by molar-refractivity contribution is -0.0351. The summed E-state index contributed by atoms with van der Waals surface area (Å²) >= 11 is 6.30. The van der Waals surface area contributed by atoms with Crippen molar-refractivity contribution in [1.29, 1.82) is 0 Å². The van der Waals surface area contributed by atoms with E-state index in [4.69, 9.17) is 16.3 Å². The van der Waals surface area contributed by atoms with E-state index < -0.39 is 0 Å². The molecule has 3 heteroatoms. The van der Waals surface area contributed by atoms with Crippen molar-refractivity contribution in [3.63, 3.8) is 0 Å². The average Bonchev–Trinajstić information content (AvgIpc) is 2.90. The standard InChI is InChI=1S/C16H24ClNO/c1-3-18-15(16(19-2)10-6-7-11-16)12-13-8-4-5-9-14(13)17/h4-5,8-9,15,18H,3,6-7,10-12H2,1-2H3. The Hall–Kier alpha value is -0.570. The first-order chi connectivity index (χ1) is 9.22. The summed E-state index contributed by atoms with van der Waals surface area (Å²) in [7, 11) is 1.85. The third kappa shape index (κ3) is 3.31. The van der Waals surface area contributed by atoms with Crippen LogP contribution in [0, 0.1) is 0 Å². The summed E-state index contributed by atoms with van der Waals surface area (Å²) < 4.78 is 5.92. The Morgan fingerprint density at radius 1 is 1.32 bits per heavy atom. The van der Waals surface area contributed by atoms with Crippen LogP contribution in [0.3, 0.4) is 0 Å². The molecule has 2 rings (SSSR count). The van der Waals surface area contributed by atoms with Gasteiger partial charge < -0.3 is 10.1 Å². The molecule has 2 nitrogen and oxygen atoms in total. The predicted molar refractivity (Wildman–Crippen MR) is 80.8 cm³/mol. The Kier molecular flexibility index (Phi) is 5.26. The Morgan fingerprint density at radius 3 is 2.58 bits per heavy atom. The Bertz CT molecular complexity index is 401. The van der Waals surface area contributed by atoms with E-state index in [0.717, 1.165) is 30.8 Å². The van der Waals surface area contributed by atoms with Crippen molar-refractivity contribution in [2.75, 3.05) is 13.7 Å². The molecule has 1 aliphatic carbocycles. The molecule has 0 bridgehead atoms. The van der Waals surface area contributed by atoms with Crippen molar-refractivity contribution < 1.29 is 4.74 Å². The number of methoxy groups -OCH3 is 1. The van der Waals surface area contributed by atoms with Crippen LogP contribution in [0.4, 0.5) is 0 Å². The molecule has 19 heavy (non-hydrogen) atoms. The second-order valence-electron chi connectivity index (χ2n) is 5.38. The number of rotatable bonds is 6. The van der Waals surface area contributed by atoms with Crippen molar-refractivity contribution >= 4 is 11.6 Å². The van der Waals surface area contributed by atoms with E-state index in [-0.39, 0.29) is 5.60 Å². The van der Waals surface area contributed by atoms with Crippen LogP contribution >= 0.6 is 11.6 Å². The quantitative estimate of drug-likeness (QED) is 0.856. The zero-order valence-electron chi connectivity index (χ0n) is 11.9. The van der Waals surface area contributed by atoms with E-state index in [0.29, 0.717) is 6.04 Å². The number of ether oxygens (including phenoxy) is 1. The van der Waals surface area contributed by atoms with E-state index in [9.17, 15) is 0 Å². The largest absolute Gasteiger partial charge is 0.377 e. The van der Waals surface area contributed by atoms with Crippen molar-refractivity contribution in [1.82, 2.24) is 5.32 Å². The molecule has 1 atom stereocenters. The SMILES string of the molecule is CCNC(Cc1ccccc1Cl)C1(OC)CCCC1. The minimum absolute atomic E-state index is 0.0187. The second-order valence-corrected chi connectivity index (χ2v) is 5.79. The molecule has 0 saturated heterocycles. The van der Waals surface area contributed by atoms with Gasteiger partial charge in [0.25, 0.3) is 0 Å². The first-order valence-electron chi connectivity index (χ1n) is 7.24. The van der Waals surface area contributed by atoms with E-state index in [1.54, 1.807) is 0 Å². The van der Waals surface area contributed by atoms with Gasteiger partial charge in [0.05, 0.1) is 5.60 Å². The van der Waals surface area contributed by atoms with Gasteiger partial charge in [-0.1, -0.05) is 49.6 Å². The summed E-state index contributed by atoms with van der Waals surface area (Å²) in [6.45, 7) is 3.11. The number of likely N-dealkylation sites (N-methyl/N-ethyl adjacent to an activating group) is 1. The smallest absolute Gasteiger partial charge is 0.0834 e. The van der Waals surface area contributed by atoms with Gasteiger partial charge in [-0.15, -0.1) is 0 Å².